The number of rotatable bonds is 12. The molecular formula is C14H26O5. The van der Waals surface area contributed by atoms with Gasteiger partial charge in [0.05, 0.1) is 0 Å². The third-order valence-electron chi connectivity index (χ3n) is 2.82. The first-order valence-corrected chi connectivity index (χ1v) is 7.15. The van der Waals surface area contributed by atoms with Gasteiger partial charge in [-0.05, 0) is 12.8 Å². The number of aliphatic carboxylic acids is 1. The molecule has 0 bridgehead atoms. The average Bonchev–Trinajstić information content (AvgIpc) is 2.32. The number of aliphatic hydroxyl groups is 1. The van der Waals surface area contributed by atoms with E-state index >= 15 is 0 Å². The van der Waals surface area contributed by atoms with Gasteiger partial charge in [-0.25, -0.2) is 0 Å². The number of ether oxygens (including phenoxy) is 1. The zero-order chi connectivity index (χ0) is 14.5. The number of unbranched alkanes of at least 4 members (excludes halogenated alkanes) is 5. The third kappa shape index (κ3) is 13.1. The van der Waals surface area contributed by atoms with Crippen LogP contribution >= 0.6 is 0 Å². The van der Waals surface area contributed by atoms with Crippen molar-refractivity contribution in [2.75, 3.05) is 0 Å². The highest BCUT2D eigenvalue weighted by atomic mass is 16.6. The number of carbonyl (C=O) groups excluding carboxylic acids is 1. The second-order valence-corrected chi connectivity index (χ2v) is 4.75. The summed E-state index contributed by atoms with van der Waals surface area (Å²) in [6, 6.07) is 0. The highest BCUT2D eigenvalue weighted by molar-refractivity contribution is 5.69. The van der Waals surface area contributed by atoms with Crippen molar-refractivity contribution in [3.8, 4) is 0 Å². The molecule has 5 nitrogen and oxygen atoms in total. The van der Waals surface area contributed by atoms with E-state index in [1.54, 1.807) is 0 Å². The Morgan fingerprint density at radius 2 is 1.53 bits per heavy atom. The Balaban J connectivity index is 3.29. The standard InChI is InChI=1S/C14H26O5/c1-2-9-13(17)19-14(18)11-8-6-4-3-5-7-10-12(15)16/h13,17H,2-11H2,1H3,(H,15,16). The first-order chi connectivity index (χ1) is 9.06. The van der Waals surface area contributed by atoms with E-state index in [4.69, 9.17) is 9.84 Å². The molecule has 0 radical (unpaired) electrons. The number of hydrogen-bond acceptors (Lipinski definition) is 4. The second-order valence-electron chi connectivity index (χ2n) is 4.75. The smallest absolute Gasteiger partial charge is 0.308 e. The van der Waals surface area contributed by atoms with Gasteiger partial charge in [0.2, 0.25) is 6.29 Å². The van der Waals surface area contributed by atoms with Gasteiger partial charge in [0.25, 0.3) is 0 Å². The van der Waals surface area contributed by atoms with Crippen LogP contribution < -0.4 is 0 Å². The fourth-order valence-electron chi connectivity index (χ4n) is 1.77. The van der Waals surface area contributed by atoms with E-state index in [0.29, 0.717) is 12.8 Å². The van der Waals surface area contributed by atoms with Crippen molar-refractivity contribution < 1.29 is 24.5 Å². The minimum absolute atomic E-state index is 0.238. The van der Waals surface area contributed by atoms with Crippen LogP contribution in [0.15, 0.2) is 0 Å². The lowest BCUT2D eigenvalue weighted by atomic mass is 10.1. The van der Waals surface area contributed by atoms with Crippen molar-refractivity contribution in [1.29, 1.82) is 0 Å². The van der Waals surface area contributed by atoms with Gasteiger partial charge in [0.1, 0.15) is 0 Å². The molecule has 0 saturated heterocycles. The van der Waals surface area contributed by atoms with E-state index in [0.717, 1.165) is 44.9 Å². The summed E-state index contributed by atoms with van der Waals surface area (Å²) in [7, 11) is 0. The number of carbonyl (C=O) groups is 2. The van der Waals surface area contributed by atoms with Crippen molar-refractivity contribution in [3.05, 3.63) is 0 Å². The van der Waals surface area contributed by atoms with Crippen LogP contribution in [0.4, 0.5) is 0 Å². The van der Waals surface area contributed by atoms with Crippen molar-refractivity contribution in [2.45, 2.75) is 77.4 Å². The van der Waals surface area contributed by atoms with Gasteiger partial charge in [-0.15, -0.1) is 0 Å². The molecule has 0 aromatic rings. The normalized spacial score (nSPS) is 12.1. The van der Waals surface area contributed by atoms with Gasteiger partial charge >= 0.3 is 11.9 Å². The van der Waals surface area contributed by atoms with Crippen LogP contribution in [-0.4, -0.2) is 28.4 Å². The van der Waals surface area contributed by atoms with Crippen molar-refractivity contribution in [2.24, 2.45) is 0 Å². The van der Waals surface area contributed by atoms with Gasteiger partial charge in [-0.1, -0.05) is 39.0 Å². The molecule has 112 valence electrons. The van der Waals surface area contributed by atoms with E-state index < -0.39 is 12.3 Å². The van der Waals surface area contributed by atoms with Gasteiger partial charge < -0.3 is 14.9 Å². The molecule has 0 aliphatic rings. The van der Waals surface area contributed by atoms with Crippen LogP contribution in [0.2, 0.25) is 0 Å². The molecular weight excluding hydrogens is 248 g/mol. The Morgan fingerprint density at radius 1 is 1.00 bits per heavy atom. The maximum atomic E-state index is 11.3. The maximum absolute atomic E-state index is 11.3. The minimum atomic E-state index is -0.964. The summed E-state index contributed by atoms with van der Waals surface area (Å²) in [6.07, 6.45) is 6.23. The minimum Gasteiger partial charge on any atom is -0.481 e. The van der Waals surface area contributed by atoms with Crippen LogP contribution in [0.3, 0.4) is 0 Å². The lowest BCUT2D eigenvalue weighted by molar-refractivity contribution is -0.168. The molecule has 0 saturated carbocycles. The third-order valence-corrected chi connectivity index (χ3v) is 2.82. The van der Waals surface area contributed by atoms with Gasteiger partial charge in [0, 0.05) is 19.3 Å². The molecule has 0 aromatic carbocycles. The quantitative estimate of drug-likeness (QED) is 0.325. The first kappa shape index (κ1) is 17.9. The number of aliphatic hydroxyl groups excluding tert-OH is 1. The maximum Gasteiger partial charge on any atom is 0.308 e. The molecule has 0 heterocycles. The molecule has 19 heavy (non-hydrogen) atoms. The first-order valence-electron chi connectivity index (χ1n) is 7.15. The van der Waals surface area contributed by atoms with Crippen LogP contribution in [0.5, 0.6) is 0 Å². The largest absolute Gasteiger partial charge is 0.481 e. The van der Waals surface area contributed by atoms with E-state index in [1.165, 1.54) is 0 Å². The van der Waals surface area contributed by atoms with E-state index in [-0.39, 0.29) is 12.4 Å². The fraction of sp³-hybridized carbons (Fsp3) is 0.857. The summed E-state index contributed by atoms with van der Waals surface area (Å²) in [4.78, 5) is 21.6. The molecule has 1 atom stereocenters. The van der Waals surface area contributed by atoms with Gasteiger partial charge in [-0.3, -0.25) is 9.59 Å². The summed E-state index contributed by atoms with van der Waals surface area (Å²) >= 11 is 0. The van der Waals surface area contributed by atoms with Gasteiger partial charge in [-0.2, -0.15) is 0 Å². The molecule has 5 heteroatoms. The van der Waals surface area contributed by atoms with Crippen molar-refractivity contribution in [1.82, 2.24) is 0 Å². The fourth-order valence-corrected chi connectivity index (χ4v) is 1.77. The molecule has 0 fully saturated rings. The predicted molar refractivity (Wildman–Crippen MR) is 71.6 cm³/mol. The number of carboxylic acid groups (broad SMARTS) is 1. The monoisotopic (exact) mass is 274 g/mol. The molecule has 1 unspecified atom stereocenters. The predicted octanol–water partition coefficient (Wildman–Crippen LogP) is 2.85. The van der Waals surface area contributed by atoms with E-state index in [2.05, 4.69) is 0 Å². The lowest BCUT2D eigenvalue weighted by Crippen LogP contribution is -2.16. The Hall–Kier alpha value is -1.10. The summed E-state index contributed by atoms with van der Waals surface area (Å²) < 4.78 is 4.81. The molecule has 0 aliphatic heterocycles. The molecule has 0 aromatic heterocycles. The molecule has 0 amide bonds. The number of carboxylic acids is 1. The van der Waals surface area contributed by atoms with Crippen LogP contribution in [-0.2, 0) is 14.3 Å². The second kappa shape index (κ2) is 12.0. The zero-order valence-corrected chi connectivity index (χ0v) is 11.8. The molecule has 2 N–H and O–H groups in total. The average molecular weight is 274 g/mol. The number of esters is 1. The summed E-state index contributed by atoms with van der Waals surface area (Å²) in [5, 5.41) is 17.7. The van der Waals surface area contributed by atoms with E-state index in [9.17, 15) is 14.7 Å². The SMILES string of the molecule is CCCC(O)OC(=O)CCCCCCCCC(=O)O. The van der Waals surface area contributed by atoms with Crippen molar-refractivity contribution >= 4 is 11.9 Å². The topological polar surface area (TPSA) is 83.8 Å². The Bertz CT molecular complexity index is 252. The molecule has 0 rings (SSSR count). The van der Waals surface area contributed by atoms with Crippen LogP contribution in [0.25, 0.3) is 0 Å². The van der Waals surface area contributed by atoms with Gasteiger partial charge in [0.15, 0.2) is 0 Å². The highest BCUT2D eigenvalue weighted by Gasteiger charge is 2.09. The number of hydrogen-bond donors (Lipinski definition) is 2. The van der Waals surface area contributed by atoms with Crippen LogP contribution in [0.1, 0.15) is 71.1 Å². The lowest BCUT2D eigenvalue weighted by Gasteiger charge is -2.10. The summed E-state index contributed by atoms with van der Waals surface area (Å²) in [6.45, 7) is 1.92. The Labute approximate surface area is 115 Å². The summed E-state index contributed by atoms with van der Waals surface area (Å²) in [5.74, 6) is -1.08. The highest BCUT2D eigenvalue weighted by Crippen LogP contribution is 2.10. The van der Waals surface area contributed by atoms with Crippen LogP contribution in [0, 0.1) is 0 Å². The molecule has 0 spiro atoms. The van der Waals surface area contributed by atoms with E-state index in [1.807, 2.05) is 6.92 Å². The van der Waals surface area contributed by atoms with Crippen molar-refractivity contribution in [3.63, 3.8) is 0 Å². The summed E-state index contributed by atoms with van der Waals surface area (Å²) in [5.41, 5.74) is 0. The molecule has 0 aliphatic carbocycles. The zero-order valence-electron chi connectivity index (χ0n) is 11.8. The Kier molecular flexibility index (Phi) is 11.3. The Morgan fingerprint density at radius 3 is 2.05 bits per heavy atom.